The van der Waals surface area contributed by atoms with Gasteiger partial charge in [0.15, 0.2) is 0 Å². The first-order valence-corrected chi connectivity index (χ1v) is 10.4. The number of urea groups is 1. The van der Waals surface area contributed by atoms with Gasteiger partial charge in [0.2, 0.25) is 0 Å². The van der Waals surface area contributed by atoms with Gasteiger partial charge in [-0.2, -0.15) is 0 Å². The Hall–Kier alpha value is -3.61. The highest BCUT2D eigenvalue weighted by molar-refractivity contribution is 6.30. The first-order valence-electron chi connectivity index (χ1n) is 10.4. The van der Waals surface area contributed by atoms with Crippen LogP contribution in [0.3, 0.4) is 0 Å². The smallest absolute Gasteiger partial charge is 0.333 e. The second kappa shape index (κ2) is 9.26. The van der Waals surface area contributed by atoms with Crippen molar-refractivity contribution in [2.24, 2.45) is 0 Å². The summed E-state index contributed by atoms with van der Waals surface area (Å²) in [5.74, 6) is -0.0227. The highest BCUT2D eigenvalue weighted by Crippen LogP contribution is 2.25. The van der Waals surface area contributed by atoms with Crippen LogP contribution in [-0.2, 0) is 15.0 Å². The first kappa shape index (κ1) is 23.1. The Labute approximate surface area is 188 Å². The van der Waals surface area contributed by atoms with Crippen molar-refractivity contribution in [3.05, 3.63) is 65.2 Å². The van der Waals surface area contributed by atoms with E-state index >= 15 is 0 Å². The zero-order chi connectivity index (χ0) is 23.5. The van der Waals surface area contributed by atoms with Gasteiger partial charge in [-0.1, -0.05) is 51.1 Å². The fraction of sp³-hybridized carbons (Fsp3) is 0.320. The third-order valence-corrected chi connectivity index (χ3v) is 5.19. The van der Waals surface area contributed by atoms with Crippen LogP contribution in [0.4, 0.5) is 4.79 Å². The lowest BCUT2D eigenvalue weighted by Crippen LogP contribution is -2.52. The van der Waals surface area contributed by atoms with E-state index in [0.29, 0.717) is 17.9 Å². The molecule has 2 aromatic rings. The molecule has 0 aromatic heterocycles. The predicted molar refractivity (Wildman–Crippen MR) is 121 cm³/mol. The summed E-state index contributed by atoms with van der Waals surface area (Å²) in [6.07, 6.45) is 1.45. The van der Waals surface area contributed by atoms with E-state index < -0.39 is 17.8 Å². The summed E-state index contributed by atoms with van der Waals surface area (Å²) in [4.78, 5) is 38.6. The molecule has 1 aliphatic heterocycles. The van der Waals surface area contributed by atoms with Crippen LogP contribution in [0.15, 0.2) is 54.1 Å². The van der Waals surface area contributed by atoms with Gasteiger partial charge in [-0.25, -0.2) is 4.79 Å². The summed E-state index contributed by atoms with van der Waals surface area (Å²) in [6.45, 7) is 7.09. The van der Waals surface area contributed by atoms with Crippen molar-refractivity contribution in [2.45, 2.75) is 26.2 Å². The van der Waals surface area contributed by atoms with Crippen LogP contribution < -0.4 is 9.47 Å². The normalized spacial score (nSPS) is 14.7. The lowest BCUT2D eigenvalue weighted by Gasteiger charge is -2.29. The molecular formula is C25H28N2O5. The SMILES string of the molecule is CN1C(=O)C(=Cc2ccccc2OCCOc2ccc(C(C)(C)C)cc2)C(=O)N(C)C1=O. The molecule has 0 N–H and O–H groups in total. The number of nitrogens with zero attached hydrogens (tertiary/aromatic N) is 2. The summed E-state index contributed by atoms with van der Waals surface area (Å²) in [7, 11) is 2.68. The molecule has 3 rings (SSSR count). The Balaban J connectivity index is 1.66. The number of rotatable bonds is 6. The number of benzene rings is 2. The molecule has 7 heteroatoms. The molecular weight excluding hydrogens is 408 g/mol. The average Bonchev–Trinajstić information content (AvgIpc) is 2.77. The summed E-state index contributed by atoms with van der Waals surface area (Å²) < 4.78 is 11.6. The first-order chi connectivity index (χ1) is 15.1. The Morgan fingerprint density at radius 2 is 1.38 bits per heavy atom. The minimum Gasteiger partial charge on any atom is -0.490 e. The minimum absolute atomic E-state index is 0.0812. The molecule has 0 saturated carbocycles. The van der Waals surface area contributed by atoms with Gasteiger partial charge < -0.3 is 9.47 Å². The molecule has 168 valence electrons. The highest BCUT2D eigenvalue weighted by Gasteiger charge is 2.37. The largest absolute Gasteiger partial charge is 0.490 e. The number of amides is 4. The summed E-state index contributed by atoms with van der Waals surface area (Å²) in [6, 6.07) is 14.4. The number of carbonyl (C=O) groups is 3. The molecule has 0 radical (unpaired) electrons. The third kappa shape index (κ3) is 4.99. The number of carbonyl (C=O) groups excluding carboxylic acids is 3. The van der Waals surface area contributed by atoms with Crippen molar-refractivity contribution in [2.75, 3.05) is 27.3 Å². The number of hydrogen-bond donors (Lipinski definition) is 0. The van der Waals surface area contributed by atoms with E-state index in [4.69, 9.17) is 9.47 Å². The van der Waals surface area contributed by atoms with Crippen LogP contribution in [0.5, 0.6) is 11.5 Å². The van der Waals surface area contributed by atoms with Gasteiger partial charge in [-0.3, -0.25) is 19.4 Å². The van der Waals surface area contributed by atoms with Crippen molar-refractivity contribution in [1.29, 1.82) is 0 Å². The summed E-state index contributed by atoms with van der Waals surface area (Å²) in [5, 5.41) is 0. The standard InChI is InChI=1S/C25H28N2O5/c1-25(2,3)18-10-12-19(13-11-18)31-14-15-32-21-9-7-6-8-17(21)16-20-22(28)26(4)24(30)27(5)23(20)29/h6-13,16H,14-15H2,1-5H3. The molecule has 0 bridgehead atoms. The second-order valence-electron chi connectivity index (χ2n) is 8.58. The molecule has 32 heavy (non-hydrogen) atoms. The van der Waals surface area contributed by atoms with E-state index in [1.165, 1.54) is 25.7 Å². The fourth-order valence-corrected chi connectivity index (χ4v) is 3.22. The number of para-hydroxylation sites is 1. The Morgan fingerprint density at radius 1 is 0.812 bits per heavy atom. The van der Waals surface area contributed by atoms with Crippen LogP contribution in [0.25, 0.3) is 6.08 Å². The predicted octanol–water partition coefficient (Wildman–Crippen LogP) is 3.88. The van der Waals surface area contributed by atoms with E-state index in [-0.39, 0.29) is 17.6 Å². The maximum atomic E-state index is 12.4. The van der Waals surface area contributed by atoms with E-state index in [9.17, 15) is 14.4 Å². The van der Waals surface area contributed by atoms with Crippen molar-refractivity contribution in [3.8, 4) is 11.5 Å². The molecule has 0 aliphatic carbocycles. The van der Waals surface area contributed by atoms with Crippen LogP contribution in [0.1, 0.15) is 31.9 Å². The van der Waals surface area contributed by atoms with Gasteiger partial charge >= 0.3 is 6.03 Å². The monoisotopic (exact) mass is 436 g/mol. The van der Waals surface area contributed by atoms with Crippen LogP contribution in [0, 0.1) is 0 Å². The van der Waals surface area contributed by atoms with Gasteiger partial charge in [-0.05, 0) is 35.3 Å². The van der Waals surface area contributed by atoms with Crippen LogP contribution in [-0.4, -0.2) is 55.0 Å². The second-order valence-corrected chi connectivity index (χ2v) is 8.58. The number of imide groups is 2. The summed E-state index contributed by atoms with van der Waals surface area (Å²) in [5.41, 5.74) is 1.78. The average molecular weight is 437 g/mol. The van der Waals surface area contributed by atoms with Crippen molar-refractivity contribution < 1.29 is 23.9 Å². The number of likely N-dealkylation sites (N-methyl/N-ethyl adjacent to an activating group) is 2. The fourth-order valence-electron chi connectivity index (χ4n) is 3.22. The van der Waals surface area contributed by atoms with Crippen molar-refractivity contribution in [1.82, 2.24) is 9.80 Å². The van der Waals surface area contributed by atoms with E-state index in [0.717, 1.165) is 15.5 Å². The molecule has 0 spiro atoms. The number of hydrogen-bond acceptors (Lipinski definition) is 5. The van der Waals surface area contributed by atoms with Crippen LogP contribution in [0.2, 0.25) is 0 Å². The van der Waals surface area contributed by atoms with Gasteiger partial charge in [0.1, 0.15) is 30.3 Å². The Kier molecular flexibility index (Phi) is 6.67. The minimum atomic E-state index is -0.658. The maximum absolute atomic E-state index is 12.4. The molecule has 0 atom stereocenters. The molecule has 1 fully saturated rings. The third-order valence-electron chi connectivity index (χ3n) is 5.19. The van der Waals surface area contributed by atoms with E-state index in [1.54, 1.807) is 24.3 Å². The molecule has 1 saturated heterocycles. The number of barbiturate groups is 1. The lowest BCUT2D eigenvalue weighted by molar-refractivity contribution is -0.134. The van der Waals surface area contributed by atoms with Crippen LogP contribution >= 0.6 is 0 Å². The van der Waals surface area contributed by atoms with E-state index in [1.807, 2.05) is 12.1 Å². The zero-order valence-corrected chi connectivity index (χ0v) is 19.0. The lowest BCUT2D eigenvalue weighted by atomic mass is 9.87. The molecule has 1 aliphatic rings. The van der Waals surface area contributed by atoms with Crippen molar-refractivity contribution >= 4 is 23.9 Å². The molecule has 7 nitrogen and oxygen atoms in total. The summed E-state index contributed by atoms with van der Waals surface area (Å²) >= 11 is 0. The molecule has 1 heterocycles. The van der Waals surface area contributed by atoms with Gasteiger partial charge in [0.05, 0.1) is 0 Å². The Morgan fingerprint density at radius 3 is 1.97 bits per heavy atom. The molecule has 0 unspecified atom stereocenters. The topological polar surface area (TPSA) is 76.2 Å². The van der Waals surface area contributed by atoms with Gasteiger partial charge in [0.25, 0.3) is 11.8 Å². The van der Waals surface area contributed by atoms with Gasteiger partial charge in [0, 0.05) is 19.7 Å². The highest BCUT2D eigenvalue weighted by atomic mass is 16.5. The molecule has 2 aromatic carbocycles. The van der Waals surface area contributed by atoms with E-state index in [2.05, 4.69) is 32.9 Å². The Bertz CT molecular complexity index is 1020. The molecule has 4 amide bonds. The van der Waals surface area contributed by atoms with Gasteiger partial charge in [-0.15, -0.1) is 0 Å². The quantitative estimate of drug-likeness (QED) is 0.390. The maximum Gasteiger partial charge on any atom is 0.333 e. The van der Waals surface area contributed by atoms with Crippen molar-refractivity contribution in [3.63, 3.8) is 0 Å². The number of ether oxygens (including phenoxy) is 2. The zero-order valence-electron chi connectivity index (χ0n) is 19.0.